The smallest absolute Gasteiger partial charge is 0.483 e. The van der Waals surface area contributed by atoms with E-state index in [1.54, 1.807) is 48.3 Å². The Hall–Kier alpha value is -3.19. The van der Waals surface area contributed by atoms with Crippen molar-refractivity contribution >= 4 is 21.9 Å². The zero-order valence-electron chi connectivity index (χ0n) is 19.2. The monoisotopic (exact) mass is 515 g/mol. The number of halogens is 3. The maximum Gasteiger partial charge on any atom is 0.490 e. The predicted molar refractivity (Wildman–Crippen MR) is 118 cm³/mol. The number of hydrogen-bond acceptors (Lipinski definition) is 6. The number of carboxylic acids is 1. The molecule has 1 amide bonds. The number of amides is 1. The second kappa shape index (κ2) is 9.46. The van der Waals surface area contributed by atoms with E-state index in [1.807, 2.05) is 13.8 Å². The van der Waals surface area contributed by atoms with Crippen LogP contribution in [0.2, 0.25) is 0 Å². The van der Waals surface area contributed by atoms with Crippen molar-refractivity contribution in [3.63, 3.8) is 0 Å². The summed E-state index contributed by atoms with van der Waals surface area (Å²) >= 11 is 0. The van der Waals surface area contributed by atoms with Crippen molar-refractivity contribution in [2.75, 3.05) is 26.7 Å². The van der Waals surface area contributed by atoms with E-state index in [0.717, 1.165) is 11.4 Å². The van der Waals surface area contributed by atoms with Gasteiger partial charge in [-0.05, 0) is 38.1 Å². The summed E-state index contributed by atoms with van der Waals surface area (Å²) in [4.78, 5) is 28.2. The highest BCUT2D eigenvalue weighted by molar-refractivity contribution is 7.89. The van der Waals surface area contributed by atoms with Crippen LogP contribution >= 0.6 is 0 Å². The van der Waals surface area contributed by atoms with Gasteiger partial charge < -0.3 is 14.7 Å². The SMILES string of the molecule is Cc1cc(C(=O)N2CCC3(C2)CN(C)S(=O)(=O)c2ccccc2O3)cc(C)n1.O=C(O)C(F)(F)F. The minimum Gasteiger partial charge on any atom is -0.483 e. The molecule has 0 radical (unpaired) electrons. The van der Waals surface area contributed by atoms with Crippen molar-refractivity contribution < 1.29 is 41.0 Å². The number of sulfonamides is 1. The molecule has 0 aliphatic carbocycles. The number of para-hydroxylation sites is 1. The fraction of sp³-hybridized carbons (Fsp3) is 0.409. The molecule has 0 bridgehead atoms. The van der Waals surface area contributed by atoms with Crippen LogP contribution in [0.4, 0.5) is 13.2 Å². The van der Waals surface area contributed by atoms with Gasteiger partial charge in [-0.3, -0.25) is 9.78 Å². The van der Waals surface area contributed by atoms with Gasteiger partial charge in [0.15, 0.2) is 0 Å². The number of carbonyl (C=O) groups excluding carboxylic acids is 1. The second-order valence-electron chi connectivity index (χ2n) is 8.41. The Kier molecular flexibility index (Phi) is 7.14. The number of benzene rings is 1. The summed E-state index contributed by atoms with van der Waals surface area (Å²) in [7, 11) is -2.07. The minimum atomic E-state index is -5.08. The maximum absolute atomic E-state index is 13.0. The van der Waals surface area contributed by atoms with E-state index in [9.17, 15) is 26.4 Å². The number of carbonyl (C=O) groups is 2. The van der Waals surface area contributed by atoms with Crippen LogP contribution in [0.5, 0.6) is 5.75 Å². The average molecular weight is 516 g/mol. The molecule has 13 heteroatoms. The summed E-state index contributed by atoms with van der Waals surface area (Å²) in [5, 5.41) is 7.12. The van der Waals surface area contributed by atoms with Gasteiger partial charge in [-0.2, -0.15) is 17.5 Å². The molecular weight excluding hydrogens is 491 g/mol. The molecule has 1 spiro atoms. The molecule has 1 N–H and O–H groups in total. The van der Waals surface area contributed by atoms with Crippen molar-refractivity contribution in [1.82, 2.24) is 14.2 Å². The Labute approximate surface area is 200 Å². The minimum absolute atomic E-state index is 0.0860. The first-order chi connectivity index (χ1) is 16.1. The van der Waals surface area contributed by atoms with Crippen LogP contribution in [-0.2, 0) is 14.8 Å². The standard InChI is InChI=1S/C20H23N3O4S.C2HF3O2/c1-14-10-16(11-15(2)21-14)19(24)23-9-8-20(13-23)12-22(3)28(25,26)18-7-5-4-6-17(18)27-20;3-2(4,5)1(6)7/h4-7,10-11H,8-9,12-13H2,1-3H3;(H,6,7). The number of fused-ring (bicyclic) bond motifs is 1. The molecular formula is C22H24F3N3O6S. The number of likely N-dealkylation sites (N-methyl/N-ethyl adjacent to an activating group) is 1. The fourth-order valence-electron chi connectivity index (χ4n) is 4.04. The van der Waals surface area contributed by atoms with Crippen molar-refractivity contribution in [3.8, 4) is 5.75 Å². The van der Waals surface area contributed by atoms with Crippen LogP contribution in [0, 0.1) is 13.8 Å². The Bertz CT molecular complexity index is 1230. The topological polar surface area (TPSA) is 117 Å². The van der Waals surface area contributed by atoms with Gasteiger partial charge in [0, 0.05) is 37.0 Å². The zero-order chi connectivity index (χ0) is 26.2. The van der Waals surface area contributed by atoms with E-state index in [1.165, 1.54) is 4.31 Å². The van der Waals surface area contributed by atoms with E-state index in [-0.39, 0.29) is 17.3 Å². The number of ether oxygens (including phenoxy) is 1. The lowest BCUT2D eigenvalue weighted by Crippen LogP contribution is -2.48. The molecule has 1 fully saturated rings. The number of carboxylic acid groups (broad SMARTS) is 1. The molecule has 2 aliphatic heterocycles. The number of likely N-dealkylation sites (tertiary alicyclic amines) is 1. The van der Waals surface area contributed by atoms with E-state index >= 15 is 0 Å². The van der Waals surface area contributed by atoms with Gasteiger partial charge in [0.1, 0.15) is 16.2 Å². The fourth-order valence-corrected chi connectivity index (χ4v) is 5.40. The summed E-state index contributed by atoms with van der Waals surface area (Å²) in [6.45, 7) is 4.76. The quantitative estimate of drug-likeness (QED) is 0.621. The molecule has 1 unspecified atom stereocenters. The van der Waals surface area contributed by atoms with Crippen molar-refractivity contribution in [2.24, 2.45) is 0 Å². The molecule has 190 valence electrons. The molecule has 0 saturated carbocycles. The highest BCUT2D eigenvalue weighted by Crippen LogP contribution is 2.38. The first-order valence-corrected chi connectivity index (χ1v) is 11.9. The van der Waals surface area contributed by atoms with Gasteiger partial charge in [-0.25, -0.2) is 13.2 Å². The molecule has 3 heterocycles. The maximum atomic E-state index is 13.0. The Balaban J connectivity index is 0.000000429. The number of nitrogens with zero attached hydrogens (tertiary/aromatic N) is 3. The predicted octanol–water partition coefficient (Wildman–Crippen LogP) is 2.63. The summed E-state index contributed by atoms with van der Waals surface area (Å²) in [5.41, 5.74) is 1.42. The van der Waals surface area contributed by atoms with E-state index in [2.05, 4.69) is 4.98 Å². The summed E-state index contributed by atoms with van der Waals surface area (Å²) in [6.07, 6.45) is -4.52. The first-order valence-electron chi connectivity index (χ1n) is 10.4. The summed E-state index contributed by atoms with van der Waals surface area (Å²) < 4.78 is 65.0. The lowest BCUT2D eigenvalue weighted by molar-refractivity contribution is -0.192. The Morgan fingerprint density at radius 2 is 1.69 bits per heavy atom. The number of hydrogen-bond donors (Lipinski definition) is 1. The van der Waals surface area contributed by atoms with Gasteiger partial charge in [-0.15, -0.1) is 0 Å². The van der Waals surface area contributed by atoms with Gasteiger partial charge in [-0.1, -0.05) is 12.1 Å². The van der Waals surface area contributed by atoms with Crippen LogP contribution in [0.15, 0.2) is 41.3 Å². The molecule has 35 heavy (non-hydrogen) atoms. The van der Waals surface area contributed by atoms with Crippen molar-refractivity contribution in [3.05, 3.63) is 53.3 Å². The lowest BCUT2D eigenvalue weighted by atomic mass is 10.0. The number of aliphatic carboxylic acids is 1. The van der Waals surface area contributed by atoms with Crippen molar-refractivity contribution in [1.29, 1.82) is 0 Å². The number of pyridine rings is 1. The molecule has 4 rings (SSSR count). The lowest BCUT2D eigenvalue weighted by Gasteiger charge is -2.30. The van der Waals surface area contributed by atoms with Gasteiger partial charge >= 0.3 is 12.1 Å². The molecule has 1 saturated heterocycles. The largest absolute Gasteiger partial charge is 0.490 e. The van der Waals surface area contributed by atoms with Crippen LogP contribution in [0.25, 0.3) is 0 Å². The Morgan fingerprint density at radius 1 is 1.11 bits per heavy atom. The molecule has 2 aliphatic rings. The van der Waals surface area contributed by atoms with Crippen LogP contribution in [0.1, 0.15) is 28.2 Å². The van der Waals surface area contributed by atoms with E-state index in [4.69, 9.17) is 14.6 Å². The summed E-state index contributed by atoms with van der Waals surface area (Å²) in [6, 6.07) is 10.2. The van der Waals surface area contributed by atoms with Crippen LogP contribution in [0.3, 0.4) is 0 Å². The van der Waals surface area contributed by atoms with Crippen molar-refractivity contribution in [2.45, 2.75) is 36.9 Å². The second-order valence-corrected chi connectivity index (χ2v) is 10.4. The van der Waals surface area contributed by atoms with Crippen LogP contribution < -0.4 is 4.74 Å². The Morgan fingerprint density at radius 3 is 2.26 bits per heavy atom. The van der Waals surface area contributed by atoms with E-state index < -0.39 is 27.8 Å². The molecule has 1 atom stereocenters. The van der Waals surface area contributed by atoms with Gasteiger partial charge in [0.05, 0.1) is 13.1 Å². The third-order valence-electron chi connectivity index (χ3n) is 5.55. The highest BCUT2D eigenvalue weighted by Gasteiger charge is 2.48. The molecule has 9 nitrogen and oxygen atoms in total. The van der Waals surface area contributed by atoms with E-state index in [0.29, 0.717) is 30.8 Å². The highest BCUT2D eigenvalue weighted by atomic mass is 32.2. The molecule has 2 aromatic rings. The summed E-state index contributed by atoms with van der Waals surface area (Å²) in [5.74, 6) is -2.50. The first kappa shape index (κ1) is 26.4. The zero-order valence-corrected chi connectivity index (χ0v) is 20.0. The van der Waals surface area contributed by atoms with Gasteiger partial charge in [0.25, 0.3) is 5.91 Å². The molecule has 1 aromatic heterocycles. The number of alkyl halides is 3. The van der Waals surface area contributed by atoms with Gasteiger partial charge in [0.2, 0.25) is 10.0 Å². The van der Waals surface area contributed by atoms with Crippen LogP contribution in [-0.4, -0.2) is 78.0 Å². The molecule has 1 aromatic carbocycles. The number of aryl methyl sites for hydroxylation is 2. The third kappa shape index (κ3) is 5.73. The third-order valence-corrected chi connectivity index (χ3v) is 7.39. The average Bonchev–Trinajstić information content (AvgIpc) is 3.12. The number of aromatic nitrogens is 1. The number of rotatable bonds is 1. The normalized spacial score (nSPS) is 21.4.